The number of likely N-dealkylation sites (N-methyl/N-ethyl adjacent to an activating group) is 1. The zero-order valence-corrected chi connectivity index (χ0v) is 6.93. The zero-order valence-electron chi connectivity index (χ0n) is 6.93. The van der Waals surface area contributed by atoms with Crippen molar-refractivity contribution in [2.24, 2.45) is 5.73 Å². The molecule has 1 aliphatic heterocycles. The predicted molar refractivity (Wildman–Crippen MR) is 39.7 cm³/mol. The SMILES string of the molecule is CN1C[C@H](N)CC[C@H]1C(F)(F)F. The van der Waals surface area contributed by atoms with Crippen molar-refractivity contribution in [1.29, 1.82) is 0 Å². The summed E-state index contributed by atoms with van der Waals surface area (Å²) in [5.41, 5.74) is 5.52. The molecule has 0 saturated carbocycles. The highest BCUT2D eigenvalue weighted by Gasteiger charge is 2.44. The Morgan fingerprint density at radius 1 is 1.33 bits per heavy atom. The molecule has 0 unspecified atom stereocenters. The number of likely N-dealkylation sites (tertiary alicyclic amines) is 1. The molecule has 2 nitrogen and oxygen atoms in total. The normalized spacial score (nSPS) is 33.8. The topological polar surface area (TPSA) is 29.3 Å². The monoisotopic (exact) mass is 182 g/mol. The van der Waals surface area contributed by atoms with E-state index in [9.17, 15) is 13.2 Å². The number of nitrogens with zero attached hydrogens (tertiary/aromatic N) is 1. The zero-order chi connectivity index (χ0) is 9.35. The van der Waals surface area contributed by atoms with Crippen LogP contribution in [-0.2, 0) is 0 Å². The van der Waals surface area contributed by atoms with Gasteiger partial charge in [0.2, 0.25) is 0 Å². The Labute approximate surface area is 69.5 Å². The Bertz CT molecular complexity index is 157. The van der Waals surface area contributed by atoms with E-state index in [1.807, 2.05) is 0 Å². The molecule has 1 heterocycles. The molecule has 0 amide bonds. The highest BCUT2D eigenvalue weighted by atomic mass is 19.4. The number of hydrogen-bond acceptors (Lipinski definition) is 2. The summed E-state index contributed by atoms with van der Waals surface area (Å²) in [7, 11) is 1.47. The van der Waals surface area contributed by atoms with Gasteiger partial charge in [-0.25, -0.2) is 0 Å². The quantitative estimate of drug-likeness (QED) is 0.604. The molecule has 1 rings (SSSR count). The number of piperidine rings is 1. The summed E-state index contributed by atoms with van der Waals surface area (Å²) in [6, 6.07) is -1.40. The Morgan fingerprint density at radius 3 is 2.33 bits per heavy atom. The molecule has 0 aromatic heterocycles. The molecular formula is C7H13F3N2. The van der Waals surface area contributed by atoms with E-state index in [0.29, 0.717) is 13.0 Å². The lowest BCUT2D eigenvalue weighted by Crippen LogP contribution is -2.52. The van der Waals surface area contributed by atoms with Crippen molar-refractivity contribution in [1.82, 2.24) is 4.90 Å². The molecule has 0 bridgehead atoms. The fourth-order valence-electron chi connectivity index (χ4n) is 1.59. The highest BCUT2D eigenvalue weighted by Crippen LogP contribution is 2.30. The lowest BCUT2D eigenvalue weighted by molar-refractivity contribution is -0.188. The van der Waals surface area contributed by atoms with E-state index in [1.165, 1.54) is 11.9 Å². The molecule has 0 aromatic carbocycles. The summed E-state index contributed by atoms with van der Waals surface area (Å²) in [6.45, 7) is 0.337. The second-order valence-electron chi connectivity index (χ2n) is 3.33. The van der Waals surface area contributed by atoms with Crippen LogP contribution in [0.4, 0.5) is 13.2 Å². The van der Waals surface area contributed by atoms with Gasteiger partial charge < -0.3 is 5.73 Å². The number of rotatable bonds is 0. The summed E-state index contributed by atoms with van der Waals surface area (Å²) in [6.07, 6.45) is -3.51. The Hall–Kier alpha value is -0.290. The van der Waals surface area contributed by atoms with Crippen LogP contribution in [0.1, 0.15) is 12.8 Å². The first-order chi connectivity index (χ1) is 5.41. The number of hydrogen-bond donors (Lipinski definition) is 1. The molecule has 12 heavy (non-hydrogen) atoms. The lowest BCUT2D eigenvalue weighted by atomic mass is 9.99. The molecule has 5 heteroatoms. The van der Waals surface area contributed by atoms with Crippen LogP contribution in [0.5, 0.6) is 0 Å². The van der Waals surface area contributed by atoms with Crippen molar-refractivity contribution in [2.75, 3.05) is 13.6 Å². The number of halogens is 3. The van der Waals surface area contributed by atoms with Gasteiger partial charge in [0.15, 0.2) is 0 Å². The molecule has 2 atom stereocenters. The fourth-order valence-corrected chi connectivity index (χ4v) is 1.59. The van der Waals surface area contributed by atoms with Gasteiger partial charge in [0.05, 0.1) is 0 Å². The predicted octanol–water partition coefficient (Wildman–Crippen LogP) is 0.970. The maximum Gasteiger partial charge on any atom is 0.404 e. The van der Waals surface area contributed by atoms with Crippen molar-refractivity contribution in [2.45, 2.75) is 31.1 Å². The van der Waals surface area contributed by atoms with Crippen LogP contribution in [0.2, 0.25) is 0 Å². The lowest BCUT2D eigenvalue weighted by Gasteiger charge is -2.36. The van der Waals surface area contributed by atoms with Crippen molar-refractivity contribution < 1.29 is 13.2 Å². The van der Waals surface area contributed by atoms with Crippen LogP contribution < -0.4 is 5.73 Å². The van der Waals surface area contributed by atoms with Crippen molar-refractivity contribution in [3.05, 3.63) is 0 Å². The summed E-state index contributed by atoms with van der Waals surface area (Å²) in [5, 5.41) is 0. The Kier molecular flexibility index (Phi) is 2.63. The smallest absolute Gasteiger partial charge is 0.327 e. The molecule has 1 fully saturated rings. The third-order valence-corrected chi connectivity index (χ3v) is 2.24. The fraction of sp³-hybridized carbons (Fsp3) is 1.00. The van der Waals surface area contributed by atoms with E-state index in [-0.39, 0.29) is 12.5 Å². The van der Waals surface area contributed by atoms with E-state index in [1.54, 1.807) is 0 Å². The van der Waals surface area contributed by atoms with Gasteiger partial charge in [0.1, 0.15) is 6.04 Å². The summed E-state index contributed by atoms with van der Waals surface area (Å²) in [4.78, 5) is 1.29. The van der Waals surface area contributed by atoms with E-state index in [4.69, 9.17) is 5.73 Å². The first-order valence-electron chi connectivity index (χ1n) is 3.94. The largest absolute Gasteiger partial charge is 0.404 e. The van der Waals surface area contributed by atoms with Gasteiger partial charge in [-0.05, 0) is 19.9 Å². The summed E-state index contributed by atoms with van der Waals surface area (Å²) in [5.74, 6) is 0. The maximum absolute atomic E-state index is 12.2. The van der Waals surface area contributed by atoms with Crippen LogP contribution in [0, 0.1) is 0 Å². The minimum atomic E-state index is -4.10. The highest BCUT2D eigenvalue weighted by molar-refractivity contribution is 4.85. The molecule has 1 aliphatic rings. The van der Waals surface area contributed by atoms with Crippen molar-refractivity contribution >= 4 is 0 Å². The second-order valence-corrected chi connectivity index (χ2v) is 3.33. The first kappa shape index (κ1) is 9.80. The average Bonchev–Trinajstić information content (AvgIpc) is 1.83. The summed E-state index contributed by atoms with van der Waals surface area (Å²) >= 11 is 0. The molecule has 72 valence electrons. The van der Waals surface area contributed by atoms with E-state index in [2.05, 4.69) is 0 Å². The van der Waals surface area contributed by atoms with Gasteiger partial charge >= 0.3 is 6.18 Å². The van der Waals surface area contributed by atoms with E-state index in [0.717, 1.165) is 0 Å². The standard InChI is InChI=1S/C7H13F3N2/c1-12-4-5(11)2-3-6(12)7(8,9)10/h5-6H,2-4,11H2,1H3/t5-,6+/m1/s1. The van der Waals surface area contributed by atoms with Crippen LogP contribution in [0.3, 0.4) is 0 Å². The molecular weight excluding hydrogens is 169 g/mol. The van der Waals surface area contributed by atoms with Gasteiger partial charge in [0, 0.05) is 12.6 Å². The third-order valence-electron chi connectivity index (χ3n) is 2.24. The second kappa shape index (κ2) is 3.22. The van der Waals surface area contributed by atoms with Crippen LogP contribution in [-0.4, -0.2) is 36.8 Å². The molecule has 0 spiro atoms. The molecule has 1 saturated heterocycles. The number of nitrogens with two attached hydrogens (primary N) is 1. The molecule has 0 radical (unpaired) electrons. The minimum absolute atomic E-state index is 0.103. The van der Waals surface area contributed by atoms with Crippen molar-refractivity contribution in [3.8, 4) is 0 Å². The van der Waals surface area contributed by atoms with Gasteiger partial charge in [-0.15, -0.1) is 0 Å². The van der Waals surface area contributed by atoms with Crippen LogP contribution in [0.15, 0.2) is 0 Å². The van der Waals surface area contributed by atoms with Gasteiger partial charge in [-0.2, -0.15) is 13.2 Å². The van der Waals surface area contributed by atoms with Crippen molar-refractivity contribution in [3.63, 3.8) is 0 Å². The summed E-state index contributed by atoms with van der Waals surface area (Å²) < 4.78 is 36.7. The Balaban J connectivity index is 2.57. The number of alkyl halides is 3. The van der Waals surface area contributed by atoms with E-state index >= 15 is 0 Å². The van der Waals surface area contributed by atoms with Crippen LogP contribution in [0.25, 0.3) is 0 Å². The van der Waals surface area contributed by atoms with Gasteiger partial charge in [-0.1, -0.05) is 0 Å². The third kappa shape index (κ3) is 2.10. The average molecular weight is 182 g/mol. The van der Waals surface area contributed by atoms with Gasteiger partial charge in [0.25, 0.3) is 0 Å². The Morgan fingerprint density at radius 2 is 1.92 bits per heavy atom. The van der Waals surface area contributed by atoms with E-state index < -0.39 is 12.2 Å². The minimum Gasteiger partial charge on any atom is -0.327 e. The molecule has 0 aliphatic carbocycles. The van der Waals surface area contributed by atoms with Gasteiger partial charge in [-0.3, -0.25) is 4.90 Å². The first-order valence-corrected chi connectivity index (χ1v) is 3.94. The maximum atomic E-state index is 12.2. The molecule has 2 N–H and O–H groups in total. The molecule has 0 aromatic rings. The van der Waals surface area contributed by atoms with Crippen LogP contribution >= 0.6 is 0 Å².